The zero-order chi connectivity index (χ0) is 37.7. The number of hydrogen-bond acceptors (Lipinski definition) is 16. The minimum absolute atomic E-state index is 0.00816. The number of nitrogens with one attached hydrogen (secondary N) is 2. The van der Waals surface area contributed by atoms with E-state index in [0.717, 1.165) is 28.1 Å². The van der Waals surface area contributed by atoms with E-state index >= 15 is 8.78 Å². The van der Waals surface area contributed by atoms with E-state index in [2.05, 4.69) is 37.1 Å². The molecule has 21 nitrogen and oxygen atoms in total. The number of carbonyl (C=O) groups excluding carboxylic acids is 1. The molecule has 6 heterocycles. The van der Waals surface area contributed by atoms with Crippen LogP contribution in [0, 0.1) is 5.41 Å². The largest absolute Gasteiger partial charge is 0.472 e. The number of anilines is 2. The van der Waals surface area contributed by atoms with Gasteiger partial charge in [0.05, 0.1) is 38.0 Å². The van der Waals surface area contributed by atoms with E-state index in [-0.39, 0.29) is 42.5 Å². The minimum atomic E-state index is -5.23. The summed E-state index contributed by atoms with van der Waals surface area (Å²) in [5.74, 6) is -0.390. The Morgan fingerprint density at radius 3 is 2.54 bits per heavy atom. The fourth-order valence-corrected chi connectivity index (χ4v) is 7.03. The first-order valence-corrected chi connectivity index (χ1v) is 19.6. The van der Waals surface area contributed by atoms with Crippen molar-refractivity contribution in [2.45, 2.75) is 77.0 Å². The number of esters is 1. The highest BCUT2D eigenvalue weighted by atomic mass is 32.5. The number of rotatable bonds is 12. The van der Waals surface area contributed by atoms with Crippen molar-refractivity contribution in [3.63, 3.8) is 0 Å². The number of phosphoric acid groups is 1. The molecule has 0 bridgehead atoms. The highest BCUT2D eigenvalue weighted by Crippen LogP contribution is 2.50. The molecule has 26 heteroatoms. The molecule has 3 aliphatic heterocycles. The van der Waals surface area contributed by atoms with Gasteiger partial charge in [0.15, 0.2) is 36.1 Å². The monoisotopic (exact) mass is 798 g/mol. The second-order valence-electron chi connectivity index (χ2n) is 12.9. The molecule has 8 atom stereocenters. The van der Waals surface area contributed by atoms with Gasteiger partial charge in [-0.1, -0.05) is 0 Å². The second kappa shape index (κ2) is 14.5. The Bertz CT molecular complexity index is 2040. The first-order valence-electron chi connectivity index (χ1n) is 15.5. The summed E-state index contributed by atoms with van der Waals surface area (Å²) in [7, 11) is -5.23. The standard InChI is InChI=1S/C26H34F2N8O13P2S/c1-26(2,3)25(39)44-11-34-8-33-21-18(23(34)38)32-9-35(21)15-4-12(27)13(47-15)5-45-50(40,41)49-19-14(6-46-51(42,43)52)48-24(16(19)28)36-10-31-17-20(36)29-7-30-22(17)37/h7-8,10,12-16,19,24,32H,4-6,9,11H2,1-3H3,(H,40,41)(H,29,30,37)(H2,42,43,52)/t12-,13-,14-,15-,16-,19-,24-/m1/s1. The quantitative estimate of drug-likeness (QED) is 0.124. The fraction of sp³-hybridized carbons (Fsp3) is 0.615. The average molecular weight is 799 g/mol. The summed E-state index contributed by atoms with van der Waals surface area (Å²) in [5.41, 5.74) is -2.19. The summed E-state index contributed by atoms with van der Waals surface area (Å²) in [6.07, 6.45) is -8.64. The summed E-state index contributed by atoms with van der Waals surface area (Å²) < 4.78 is 77.8. The average Bonchev–Trinajstić information content (AvgIpc) is 3.83. The predicted octanol–water partition coefficient (Wildman–Crippen LogP) is 0.529. The van der Waals surface area contributed by atoms with Crippen LogP contribution in [0.5, 0.6) is 0 Å². The number of imidazole rings is 1. The molecule has 0 spiro atoms. The van der Waals surface area contributed by atoms with Crippen molar-refractivity contribution in [2.24, 2.45) is 5.41 Å². The molecule has 0 radical (unpaired) electrons. The summed E-state index contributed by atoms with van der Waals surface area (Å²) in [5, 5.41) is 2.87. The molecule has 0 amide bonds. The molecule has 3 aromatic heterocycles. The van der Waals surface area contributed by atoms with Crippen LogP contribution in [-0.4, -0.2) is 106 Å². The Morgan fingerprint density at radius 2 is 1.83 bits per heavy atom. The van der Waals surface area contributed by atoms with Crippen molar-refractivity contribution in [3.05, 3.63) is 39.7 Å². The lowest BCUT2D eigenvalue weighted by atomic mass is 9.98. The lowest BCUT2D eigenvalue weighted by Crippen LogP contribution is -2.36. The van der Waals surface area contributed by atoms with Crippen LogP contribution in [0.25, 0.3) is 11.2 Å². The van der Waals surface area contributed by atoms with Crippen molar-refractivity contribution in [1.29, 1.82) is 0 Å². The van der Waals surface area contributed by atoms with Gasteiger partial charge in [-0.15, -0.1) is 0 Å². The summed E-state index contributed by atoms with van der Waals surface area (Å²) in [6.45, 7) is -1.35. The van der Waals surface area contributed by atoms with Gasteiger partial charge in [0.1, 0.15) is 42.7 Å². The molecule has 0 aliphatic carbocycles. The highest BCUT2D eigenvalue weighted by Gasteiger charge is 2.51. The van der Waals surface area contributed by atoms with E-state index in [1.807, 2.05) is 0 Å². The number of ether oxygens (including phenoxy) is 3. The molecular formula is C26H34F2N8O13P2S. The minimum Gasteiger partial charge on any atom is -0.443 e. The predicted molar refractivity (Wildman–Crippen MR) is 175 cm³/mol. The number of fused-ring (bicyclic) bond motifs is 2. The van der Waals surface area contributed by atoms with Gasteiger partial charge in [0, 0.05) is 6.42 Å². The Balaban J connectivity index is 1.10. The number of H-pyrrole nitrogens is 1. The van der Waals surface area contributed by atoms with Crippen LogP contribution in [-0.2, 0) is 55.7 Å². The number of phosphoric ester groups is 1. The first-order chi connectivity index (χ1) is 24.3. The highest BCUT2D eigenvalue weighted by molar-refractivity contribution is 8.06. The van der Waals surface area contributed by atoms with Crippen molar-refractivity contribution in [1.82, 2.24) is 29.1 Å². The number of carbonyl (C=O) groups is 1. The Labute approximate surface area is 296 Å². The Morgan fingerprint density at radius 1 is 1.10 bits per heavy atom. The molecule has 3 aliphatic rings. The number of alkyl halides is 2. The van der Waals surface area contributed by atoms with Crippen molar-refractivity contribution in [3.8, 4) is 0 Å². The molecule has 5 N–H and O–H groups in total. The van der Waals surface area contributed by atoms with E-state index in [1.54, 1.807) is 20.8 Å². The van der Waals surface area contributed by atoms with Crippen molar-refractivity contribution < 1.29 is 60.6 Å². The van der Waals surface area contributed by atoms with Crippen molar-refractivity contribution in [2.75, 3.05) is 30.1 Å². The molecule has 3 aromatic rings. The zero-order valence-electron chi connectivity index (χ0n) is 27.5. The van der Waals surface area contributed by atoms with Crippen LogP contribution in [0.4, 0.5) is 20.3 Å². The van der Waals surface area contributed by atoms with Crippen LogP contribution in [0.3, 0.4) is 0 Å². The molecule has 2 fully saturated rings. The molecule has 2 saturated heterocycles. The smallest absolute Gasteiger partial charge is 0.443 e. The first kappa shape index (κ1) is 38.4. The number of halogens is 2. The molecule has 0 saturated carbocycles. The van der Waals surface area contributed by atoms with Gasteiger partial charge in [0.2, 0.25) is 0 Å². The van der Waals surface area contributed by atoms with E-state index in [1.165, 1.54) is 4.90 Å². The Hall–Kier alpha value is -3.28. The van der Waals surface area contributed by atoms with Crippen LogP contribution in [0.15, 0.2) is 28.6 Å². The third-order valence-corrected chi connectivity index (χ3v) is 9.93. The van der Waals surface area contributed by atoms with Gasteiger partial charge < -0.3 is 48.6 Å². The Kier molecular flexibility index (Phi) is 10.7. The maximum absolute atomic E-state index is 15.9. The van der Waals surface area contributed by atoms with Crippen LogP contribution in [0.1, 0.15) is 33.4 Å². The van der Waals surface area contributed by atoms with Crippen LogP contribution >= 0.6 is 14.5 Å². The fourth-order valence-electron chi connectivity index (χ4n) is 5.55. The third-order valence-electron chi connectivity index (χ3n) is 8.14. The summed E-state index contributed by atoms with van der Waals surface area (Å²) in [4.78, 5) is 82.7. The molecule has 286 valence electrons. The maximum atomic E-state index is 15.9. The number of aromatic amines is 1. The van der Waals surface area contributed by atoms with Crippen LogP contribution < -0.4 is 21.3 Å². The second-order valence-corrected chi connectivity index (χ2v) is 17.0. The van der Waals surface area contributed by atoms with Gasteiger partial charge >= 0.3 is 20.5 Å². The lowest BCUT2D eigenvalue weighted by molar-refractivity contribution is -0.157. The zero-order valence-corrected chi connectivity index (χ0v) is 30.1. The maximum Gasteiger partial charge on any atom is 0.472 e. The van der Waals surface area contributed by atoms with Gasteiger partial charge in [-0.3, -0.25) is 32.6 Å². The van der Waals surface area contributed by atoms with E-state index < -0.39 is 93.4 Å². The van der Waals surface area contributed by atoms with Gasteiger partial charge in [-0.05, 0) is 32.6 Å². The summed E-state index contributed by atoms with van der Waals surface area (Å²) in [6, 6.07) is 0. The topological polar surface area (TPSA) is 264 Å². The van der Waals surface area contributed by atoms with E-state index in [4.69, 9.17) is 27.8 Å². The molecule has 52 heavy (non-hydrogen) atoms. The molecule has 6 rings (SSSR count). The summed E-state index contributed by atoms with van der Waals surface area (Å²) >= 11 is 4.44. The number of aromatic nitrogens is 6. The number of hydrogen-bond donors (Lipinski definition) is 5. The SMILES string of the molecule is CC(C)(C)C(=O)OCn1cnc2c(c1=O)NCN2[C@H]1C[C@@H](F)[C@@H](COP(=O)(O)O[C@H]2[C@@H](F)[C@H](n3cnc4c(=O)[nH]cnc43)O[C@@H]2COP(O)(O)=S)O1. The van der Waals surface area contributed by atoms with Crippen LogP contribution in [0.2, 0.25) is 0 Å². The lowest BCUT2D eigenvalue weighted by Gasteiger charge is -2.25. The van der Waals surface area contributed by atoms with Gasteiger partial charge in [0.25, 0.3) is 11.1 Å². The normalized spacial score (nSPS) is 27.5. The number of nitrogens with zero attached hydrogens (tertiary/aromatic N) is 6. The van der Waals surface area contributed by atoms with Gasteiger partial charge in [-0.25, -0.2) is 28.3 Å². The van der Waals surface area contributed by atoms with Gasteiger partial charge in [-0.2, -0.15) is 0 Å². The van der Waals surface area contributed by atoms with E-state index in [0.29, 0.717) is 0 Å². The molecule has 0 aromatic carbocycles. The molecule has 1 unspecified atom stereocenters. The molecular weight excluding hydrogens is 764 g/mol. The third kappa shape index (κ3) is 8.11. The van der Waals surface area contributed by atoms with Crippen molar-refractivity contribution >= 4 is 55.0 Å². The van der Waals surface area contributed by atoms with E-state index in [9.17, 15) is 33.6 Å².